The monoisotopic (exact) mass is 310 g/mol. The van der Waals surface area contributed by atoms with Crippen LogP contribution in [0.4, 0.5) is 0 Å². The summed E-state index contributed by atoms with van der Waals surface area (Å²) in [5, 5.41) is 2.08. The van der Waals surface area contributed by atoms with Crippen molar-refractivity contribution in [3.05, 3.63) is 42.5 Å². The van der Waals surface area contributed by atoms with Crippen LogP contribution in [0.3, 0.4) is 0 Å². The molecule has 0 saturated heterocycles. The fourth-order valence-electron chi connectivity index (χ4n) is 1.89. The Labute approximate surface area is 124 Å². The summed E-state index contributed by atoms with van der Waals surface area (Å²) in [6.45, 7) is 0.139. The highest BCUT2D eigenvalue weighted by Crippen LogP contribution is 2.25. The molecule has 0 heterocycles. The van der Waals surface area contributed by atoms with Gasteiger partial charge in [0.15, 0.2) is 0 Å². The van der Waals surface area contributed by atoms with Crippen molar-refractivity contribution in [3.63, 3.8) is 0 Å². The highest BCUT2D eigenvalue weighted by Gasteiger charge is 2.13. The fourth-order valence-corrected chi connectivity index (χ4v) is 2.29. The van der Waals surface area contributed by atoms with Crippen LogP contribution in [0.2, 0.25) is 0 Å². The summed E-state index contributed by atoms with van der Waals surface area (Å²) < 4.78 is 37.6. The van der Waals surface area contributed by atoms with Crippen molar-refractivity contribution < 1.29 is 22.1 Å². The van der Waals surface area contributed by atoms with E-state index in [1.807, 2.05) is 42.5 Å². The Morgan fingerprint density at radius 3 is 2.48 bits per heavy atom. The number of ether oxygens (including phenoxy) is 2. The van der Waals surface area contributed by atoms with Gasteiger partial charge in [0, 0.05) is 12.5 Å². The van der Waals surface area contributed by atoms with E-state index in [9.17, 15) is 8.42 Å². The topological polar surface area (TPSA) is 61.8 Å². The predicted molar refractivity (Wildman–Crippen MR) is 81.0 cm³/mol. The lowest BCUT2D eigenvalue weighted by atomic mass is 10.1. The van der Waals surface area contributed by atoms with Gasteiger partial charge in [-0.2, -0.15) is 8.42 Å². The summed E-state index contributed by atoms with van der Waals surface area (Å²) in [4.78, 5) is 0. The smallest absolute Gasteiger partial charge is 0.264 e. The molecule has 0 aliphatic heterocycles. The molecule has 1 atom stereocenters. The molecule has 2 aromatic carbocycles. The van der Waals surface area contributed by atoms with E-state index < -0.39 is 16.2 Å². The molecule has 0 N–H and O–H groups in total. The molecule has 0 radical (unpaired) electrons. The van der Waals surface area contributed by atoms with Gasteiger partial charge in [-0.1, -0.05) is 36.4 Å². The summed E-state index contributed by atoms with van der Waals surface area (Å²) in [7, 11) is -1.99. The molecule has 2 rings (SSSR count). The molecule has 0 aliphatic rings. The normalized spacial score (nSPS) is 13.2. The summed E-state index contributed by atoms with van der Waals surface area (Å²) in [6, 6.07) is 13.7. The van der Waals surface area contributed by atoms with Crippen LogP contribution >= 0.6 is 0 Å². The van der Waals surface area contributed by atoms with Crippen LogP contribution in [0, 0.1) is 0 Å². The van der Waals surface area contributed by atoms with E-state index in [0.29, 0.717) is 0 Å². The zero-order valence-corrected chi connectivity index (χ0v) is 12.8. The van der Waals surface area contributed by atoms with Gasteiger partial charge in [0.25, 0.3) is 10.1 Å². The maximum atomic E-state index is 11.0. The second-order valence-corrected chi connectivity index (χ2v) is 6.28. The highest BCUT2D eigenvalue weighted by atomic mass is 32.2. The molecule has 5 nitrogen and oxygen atoms in total. The van der Waals surface area contributed by atoms with Gasteiger partial charge in [-0.05, 0) is 11.5 Å². The Bertz CT molecular complexity index is 691. The van der Waals surface area contributed by atoms with E-state index in [1.54, 1.807) is 0 Å². The molecule has 2 aromatic rings. The maximum Gasteiger partial charge on any atom is 0.264 e. The number of rotatable bonds is 7. The van der Waals surface area contributed by atoms with Crippen molar-refractivity contribution in [3.8, 4) is 5.75 Å². The van der Waals surface area contributed by atoms with Gasteiger partial charge in [-0.25, -0.2) is 0 Å². The van der Waals surface area contributed by atoms with Crippen molar-refractivity contribution in [2.24, 2.45) is 0 Å². The van der Waals surface area contributed by atoms with Gasteiger partial charge >= 0.3 is 0 Å². The van der Waals surface area contributed by atoms with Crippen LogP contribution in [0.5, 0.6) is 5.75 Å². The van der Waals surface area contributed by atoms with Crippen molar-refractivity contribution in [2.75, 3.05) is 26.6 Å². The minimum Gasteiger partial charge on any atom is -0.490 e. The van der Waals surface area contributed by atoms with E-state index >= 15 is 0 Å². The maximum absolute atomic E-state index is 11.0. The average molecular weight is 310 g/mol. The first kappa shape index (κ1) is 15.8. The Hall–Kier alpha value is -1.63. The third-order valence-electron chi connectivity index (χ3n) is 2.98. The van der Waals surface area contributed by atoms with Gasteiger partial charge in [0.1, 0.15) is 18.5 Å². The number of fused-ring (bicyclic) bond motifs is 1. The molecular weight excluding hydrogens is 292 g/mol. The van der Waals surface area contributed by atoms with Crippen LogP contribution in [0.15, 0.2) is 42.5 Å². The predicted octanol–water partition coefficient (Wildman–Crippen LogP) is 2.21. The van der Waals surface area contributed by atoms with Crippen LogP contribution in [-0.2, 0) is 19.0 Å². The summed E-state index contributed by atoms with van der Waals surface area (Å²) in [6.07, 6.45) is 0.546. The molecule has 0 saturated carbocycles. The third-order valence-corrected chi connectivity index (χ3v) is 3.54. The second-order valence-electron chi connectivity index (χ2n) is 4.63. The molecule has 6 heteroatoms. The van der Waals surface area contributed by atoms with E-state index in [2.05, 4.69) is 0 Å². The minimum atomic E-state index is -3.48. The Morgan fingerprint density at radius 2 is 1.76 bits per heavy atom. The molecule has 0 amide bonds. The summed E-state index contributed by atoms with van der Waals surface area (Å²) in [5.74, 6) is 0.731. The number of hydrogen-bond acceptors (Lipinski definition) is 5. The van der Waals surface area contributed by atoms with Gasteiger partial charge < -0.3 is 9.47 Å². The second kappa shape index (κ2) is 6.89. The largest absolute Gasteiger partial charge is 0.490 e. The first-order valence-corrected chi connectivity index (χ1v) is 8.29. The van der Waals surface area contributed by atoms with Gasteiger partial charge in [0.05, 0.1) is 12.9 Å². The minimum absolute atomic E-state index is 0.0693. The number of methoxy groups -OCH3 is 1. The molecule has 0 aliphatic carbocycles. The van der Waals surface area contributed by atoms with Crippen molar-refractivity contribution in [1.29, 1.82) is 0 Å². The summed E-state index contributed by atoms with van der Waals surface area (Å²) in [5.41, 5.74) is 0. The van der Waals surface area contributed by atoms with Gasteiger partial charge in [-0.3, -0.25) is 4.18 Å². The zero-order chi connectivity index (χ0) is 15.3. The van der Waals surface area contributed by atoms with E-state index in [-0.39, 0.29) is 13.2 Å². The Balaban J connectivity index is 2.03. The molecule has 21 heavy (non-hydrogen) atoms. The van der Waals surface area contributed by atoms with E-state index in [4.69, 9.17) is 13.7 Å². The van der Waals surface area contributed by atoms with Crippen molar-refractivity contribution in [1.82, 2.24) is 0 Å². The lowest BCUT2D eigenvalue weighted by Crippen LogP contribution is -2.27. The fraction of sp³-hybridized carbons (Fsp3) is 0.333. The third kappa shape index (κ3) is 4.70. The number of hydrogen-bond donors (Lipinski definition) is 0. The number of benzene rings is 2. The quantitative estimate of drug-likeness (QED) is 0.734. The SMILES string of the molecule is COC(COc1cccc2ccccc12)COS(C)(=O)=O. The standard InChI is InChI=1S/C15H18O5S/c1-18-13(11-20-21(2,16)17)10-19-15-9-5-7-12-6-3-4-8-14(12)15/h3-9,13H,10-11H2,1-2H3. The average Bonchev–Trinajstić information content (AvgIpc) is 2.46. The molecular formula is C15H18O5S. The zero-order valence-electron chi connectivity index (χ0n) is 12.0. The van der Waals surface area contributed by atoms with Crippen molar-refractivity contribution >= 4 is 20.9 Å². The van der Waals surface area contributed by atoms with Gasteiger partial charge in [-0.15, -0.1) is 0 Å². The molecule has 1 unspecified atom stereocenters. The lowest BCUT2D eigenvalue weighted by Gasteiger charge is -2.16. The first-order chi connectivity index (χ1) is 9.99. The molecule has 0 fully saturated rings. The Morgan fingerprint density at radius 1 is 1.05 bits per heavy atom. The van der Waals surface area contributed by atoms with Crippen molar-refractivity contribution in [2.45, 2.75) is 6.10 Å². The van der Waals surface area contributed by atoms with Crippen LogP contribution < -0.4 is 4.74 Å². The molecule has 114 valence electrons. The van der Waals surface area contributed by atoms with Crippen LogP contribution in [0.25, 0.3) is 10.8 Å². The molecule has 0 spiro atoms. The molecule has 0 aromatic heterocycles. The van der Waals surface area contributed by atoms with E-state index in [1.165, 1.54) is 7.11 Å². The Kier molecular flexibility index (Phi) is 5.17. The summed E-state index contributed by atoms with van der Waals surface area (Å²) >= 11 is 0. The molecule has 0 bridgehead atoms. The highest BCUT2D eigenvalue weighted by molar-refractivity contribution is 7.85. The van der Waals surface area contributed by atoms with Crippen LogP contribution in [-0.4, -0.2) is 41.1 Å². The van der Waals surface area contributed by atoms with Gasteiger partial charge in [0.2, 0.25) is 0 Å². The van der Waals surface area contributed by atoms with Crippen LogP contribution in [0.1, 0.15) is 0 Å². The lowest BCUT2D eigenvalue weighted by molar-refractivity contribution is 0.0261. The first-order valence-electron chi connectivity index (χ1n) is 6.47. The van der Waals surface area contributed by atoms with E-state index in [0.717, 1.165) is 22.8 Å².